The average Bonchev–Trinajstić information content (AvgIpc) is 2.68. The van der Waals surface area contributed by atoms with E-state index < -0.39 is 5.97 Å². The van der Waals surface area contributed by atoms with Crippen molar-refractivity contribution in [3.05, 3.63) is 35.6 Å². The highest BCUT2D eigenvalue weighted by atomic mass is 16.5. The van der Waals surface area contributed by atoms with E-state index >= 15 is 0 Å². The Morgan fingerprint density at radius 3 is 3.00 bits per heavy atom. The van der Waals surface area contributed by atoms with Crippen LogP contribution in [0.3, 0.4) is 0 Å². The van der Waals surface area contributed by atoms with Gasteiger partial charge in [-0.05, 0) is 25.1 Å². The van der Waals surface area contributed by atoms with Crippen molar-refractivity contribution in [2.24, 2.45) is 0 Å². The number of fused-ring (bicyclic) bond motifs is 1. The lowest BCUT2D eigenvalue weighted by Gasteiger charge is -1.98. The fourth-order valence-electron chi connectivity index (χ4n) is 1.54. The molecule has 1 aromatic carbocycles. The van der Waals surface area contributed by atoms with Crippen LogP contribution in [0.4, 0.5) is 0 Å². The van der Waals surface area contributed by atoms with Crippen molar-refractivity contribution >= 4 is 16.9 Å². The number of aromatic carboxylic acids is 1. The van der Waals surface area contributed by atoms with Crippen LogP contribution in [0, 0.1) is 0 Å². The summed E-state index contributed by atoms with van der Waals surface area (Å²) in [6.07, 6.45) is 1.60. The topological polar surface area (TPSA) is 59.7 Å². The molecule has 0 fully saturated rings. The van der Waals surface area contributed by atoms with Crippen molar-refractivity contribution in [1.29, 1.82) is 0 Å². The van der Waals surface area contributed by atoms with E-state index in [-0.39, 0.29) is 5.56 Å². The Morgan fingerprint density at radius 1 is 1.50 bits per heavy atom. The molecule has 0 spiro atoms. The molecule has 1 aromatic heterocycles. The van der Waals surface area contributed by atoms with Gasteiger partial charge in [0.2, 0.25) is 0 Å². The van der Waals surface area contributed by atoms with Crippen LogP contribution in [0.5, 0.6) is 0 Å². The minimum atomic E-state index is -0.954. The number of hydrogen-bond acceptors (Lipinski definition) is 3. The van der Waals surface area contributed by atoms with Gasteiger partial charge in [0.1, 0.15) is 5.58 Å². The Hall–Kier alpha value is -1.81. The van der Waals surface area contributed by atoms with Gasteiger partial charge in [0.05, 0.1) is 18.4 Å². The number of hydrogen-bond donors (Lipinski definition) is 1. The van der Waals surface area contributed by atoms with Crippen molar-refractivity contribution in [1.82, 2.24) is 0 Å². The zero-order valence-corrected chi connectivity index (χ0v) is 8.90. The maximum absolute atomic E-state index is 10.8. The smallest absolute Gasteiger partial charge is 0.335 e. The Labute approximate surface area is 92.4 Å². The molecule has 0 saturated carbocycles. The molecule has 0 aliphatic heterocycles. The molecule has 0 bridgehead atoms. The molecule has 0 saturated heterocycles. The van der Waals surface area contributed by atoms with Gasteiger partial charge in [-0.3, -0.25) is 0 Å². The van der Waals surface area contributed by atoms with Crippen LogP contribution >= 0.6 is 0 Å². The van der Waals surface area contributed by atoms with Crippen molar-refractivity contribution < 1.29 is 19.1 Å². The second-order valence-electron chi connectivity index (χ2n) is 3.41. The molecule has 2 aromatic rings. The summed E-state index contributed by atoms with van der Waals surface area (Å²) >= 11 is 0. The number of furan rings is 1. The summed E-state index contributed by atoms with van der Waals surface area (Å²) in [5.74, 6) is -0.954. The summed E-state index contributed by atoms with van der Waals surface area (Å²) < 4.78 is 10.6. The molecule has 0 radical (unpaired) electrons. The Bertz CT molecular complexity index is 513. The van der Waals surface area contributed by atoms with Crippen molar-refractivity contribution in [2.45, 2.75) is 13.5 Å². The number of benzene rings is 1. The molecular formula is C12H12O4. The van der Waals surface area contributed by atoms with Crippen LogP contribution in [0.25, 0.3) is 11.0 Å². The third kappa shape index (κ3) is 1.92. The summed E-state index contributed by atoms with van der Waals surface area (Å²) in [5, 5.41) is 9.73. The third-order valence-electron chi connectivity index (χ3n) is 2.36. The number of carboxylic acid groups (broad SMARTS) is 1. The zero-order valence-electron chi connectivity index (χ0n) is 8.90. The number of ether oxygens (including phenoxy) is 1. The average molecular weight is 220 g/mol. The predicted octanol–water partition coefficient (Wildman–Crippen LogP) is 2.67. The molecule has 0 aliphatic carbocycles. The standard InChI is InChI=1S/C12H12O4/c1-2-15-6-9-7-16-11-5-8(12(13)14)3-4-10(9)11/h3-5,7H,2,6H2,1H3,(H,13,14). The first-order valence-corrected chi connectivity index (χ1v) is 5.03. The van der Waals surface area contributed by atoms with Crippen LogP contribution in [-0.2, 0) is 11.3 Å². The summed E-state index contributed by atoms with van der Waals surface area (Å²) in [7, 11) is 0. The van der Waals surface area contributed by atoms with Gasteiger partial charge in [-0.25, -0.2) is 4.79 Å². The molecule has 4 heteroatoms. The lowest BCUT2D eigenvalue weighted by atomic mass is 10.1. The van der Waals surface area contributed by atoms with E-state index in [0.29, 0.717) is 18.8 Å². The number of carboxylic acids is 1. The summed E-state index contributed by atoms with van der Waals surface area (Å²) in [6, 6.07) is 4.83. The van der Waals surface area contributed by atoms with E-state index in [0.717, 1.165) is 10.9 Å². The first kappa shape index (κ1) is 10.7. The quantitative estimate of drug-likeness (QED) is 0.860. The molecule has 1 N–H and O–H groups in total. The summed E-state index contributed by atoms with van der Waals surface area (Å²) in [6.45, 7) is 3.04. The molecule has 0 unspecified atom stereocenters. The van der Waals surface area contributed by atoms with E-state index in [1.807, 2.05) is 6.92 Å². The summed E-state index contributed by atoms with van der Waals surface area (Å²) in [4.78, 5) is 10.8. The molecule has 16 heavy (non-hydrogen) atoms. The first-order valence-electron chi connectivity index (χ1n) is 5.03. The largest absolute Gasteiger partial charge is 0.478 e. The molecule has 84 valence electrons. The van der Waals surface area contributed by atoms with Crippen LogP contribution in [-0.4, -0.2) is 17.7 Å². The van der Waals surface area contributed by atoms with E-state index in [1.54, 1.807) is 18.4 Å². The van der Waals surface area contributed by atoms with E-state index in [9.17, 15) is 4.79 Å². The maximum Gasteiger partial charge on any atom is 0.335 e. The van der Waals surface area contributed by atoms with Gasteiger partial charge in [0.15, 0.2) is 0 Å². The lowest BCUT2D eigenvalue weighted by Crippen LogP contribution is -1.95. The fourth-order valence-corrected chi connectivity index (χ4v) is 1.54. The zero-order chi connectivity index (χ0) is 11.5. The fraction of sp³-hybridized carbons (Fsp3) is 0.250. The van der Waals surface area contributed by atoms with Crippen LogP contribution in [0.1, 0.15) is 22.8 Å². The molecule has 0 atom stereocenters. The highest BCUT2D eigenvalue weighted by Gasteiger charge is 2.09. The molecule has 0 amide bonds. The number of rotatable bonds is 4. The number of carbonyl (C=O) groups is 1. The first-order chi connectivity index (χ1) is 7.72. The molecular weight excluding hydrogens is 208 g/mol. The van der Waals surface area contributed by atoms with Crippen LogP contribution in [0.15, 0.2) is 28.9 Å². The monoisotopic (exact) mass is 220 g/mol. The molecule has 0 aliphatic rings. The molecule has 2 rings (SSSR count). The Morgan fingerprint density at radius 2 is 2.31 bits per heavy atom. The lowest BCUT2D eigenvalue weighted by molar-refractivity contribution is 0.0697. The van der Waals surface area contributed by atoms with Gasteiger partial charge in [-0.2, -0.15) is 0 Å². The van der Waals surface area contributed by atoms with E-state index in [1.165, 1.54) is 6.07 Å². The SMILES string of the molecule is CCOCc1coc2cc(C(=O)O)ccc12. The van der Waals surface area contributed by atoms with Gasteiger partial charge in [-0.1, -0.05) is 0 Å². The maximum atomic E-state index is 10.8. The Kier molecular flexibility index (Phi) is 2.92. The van der Waals surface area contributed by atoms with E-state index in [2.05, 4.69) is 0 Å². The van der Waals surface area contributed by atoms with Gasteiger partial charge in [-0.15, -0.1) is 0 Å². The summed E-state index contributed by atoms with van der Waals surface area (Å²) in [5.41, 5.74) is 1.74. The van der Waals surface area contributed by atoms with Crippen LogP contribution < -0.4 is 0 Å². The molecule has 1 heterocycles. The van der Waals surface area contributed by atoms with E-state index in [4.69, 9.17) is 14.3 Å². The van der Waals surface area contributed by atoms with Gasteiger partial charge >= 0.3 is 5.97 Å². The highest BCUT2D eigenvalue weighted by Crippen LogP contribution is 2.23. The third-order valence-corrected chi connectivity index (χ3v) is 2.36. The minimum absolute atomic E-state index is 0.227. The predicted molar refractivity (Wildman–Crippen MR) is 58.5 cm³/mol. The van der Waals surface area contributed by atoms with Crippen molar-refractivity contribution in [3.8, 4) is 0 Å². The van der Waals surface area contributed by atoms with Gasteiger partial charge in [0, 0.05) is 17.6 Å². The van der Waals surface area contributed by atoms with Crippen molar-refractivity contribution in [3.63, 3.8) is 0 Å². The minimum Gasteiger partial charge on any atom is -0.478 e. The van der Waals surface area contributed by atoms with Gasteiger partial charge in [0.25, 0.3) is 0 Å². The normalized spacial score (nSPS) is 10.8. The van der Waals surface area contributed by atoms with Crippen molar-refractivity contribution in [2.75, 3.05) is 6.61 Å². The Balaban J connectivity index is 2.38. The second-order valence-corrected chi connectivity index (χ2v) is 3.41. The second kappa shape index (κ2) is 4.37. The highest BCUT2D eigenvalue weighted by molar-refractivity contribution is 5.93. The van der Waals surface area contributed by atoms with Crippen LogP contribution in [0.2, 0.25) is 0 Å². The molecule has 4 nitrogen and oxygen atoms in total. The van der Waals surface area contributed by atoms with Gasteiger partial charge < -0.3 is 14.3 Å².